The van der Waals surface area contributed by atoms with E-state index in [2.05, 4.69) is 12.2 Å². The van der Waals surface area contributed by atoms with Crippen molar-refractivity contribution in [3.63, 3.8) is 0 Å². The molecule has 1 aromatic rings. The number of rotatable bonds is 5. The molecule has 100 valence electrons. The molecule has 0 unspecified atom stereocenters. The van der Waals surface area contributed by atoms with Crippen LogP contribution in [0.2, 0.25) is 0 Å². The standard InChI is InChI=1S/C15H23NO2/c1-6-15(4,5)16-14(17)12-7-9-13(10-8-12)18-11(2)3/h7-11H,6H2,1-5H3,(H,16,17). The fraction of sp³-hybridized carbons (Fsp3) is 0.533. The summed E-state index contributed by atoms with van der Waals surface area (Å²) in [6, 6.07) is 7.24. The smallest absolute Gasteiger partial charge is 0.251 e. The largest absolute Gasteiger partial charge is 0.491 e. The molecule has 1 rings (SSSR count). The number of hydrogen-bond donors (Lipinski definition) is 1. The van der Waals surface area contributed by atoms with Crippen LogP contribution in [-0.4, -0.2) is 17.6 Å². The Morgan fingerprint density at radius 1 is 1.28 bits per heavy atom. The minimum Gasteiger partial charge on any atom is -0.491 e. The van der Waals surface area contributed by atoms with E-state index < -0.39 is 0 Å². The Morgan fingerprint density at radius 2 is 1.83 bits per heavy atom. The highest BCUT2D eigenvalue weighted by atomic mass is 16.5. The summed E-state index contributed by atoms with van der Waals surface area (Å²) in [5.41, 5.74) is 0.483. The van der Waals surface area contributed by atoms with Gasteiger partial charge in [-0.05, 0) is 58.4 Å². The molecule has 1 aromatic carbocycles. The van der Waals surface area contributed by atoms with Crippen molar-refractivity contribution in [2.75, 3.05) is 0 Å². The number of carbonyl (C=O) groups is 1. The average molecular weight is 249 g/mol. The fourth-order valence-corrected chi connectivity index (χ4v) is 1.42. The van der Waals surface area contributed by atoms with Crippen molar-refractivity contribution < 1.29 is 9.53 Å². The van der Waals surface area contributed by atoms with Crippen LogP contribution in [0.5, 0.6) is 5.75 Å². The van der Waals surface area contributed by atoms with Gasteiger partial charge in [-0.3, -0.25) is 4.79 Å². The van der Waals surface area contributed by atoms with Gasteiger partial charge in [-0.2, -0.15) is 0 Å². The van der Waals surface area contributed by atoms with Crippen LogP contribution in [0.25, 0.3) is 0 Å². The van der Waals surface area contributed by atoms with Crippen molar-refractivity contribution in [3.05, 3.63) is 29.8 Å². The van der Waals surface area contributed by atoms with Gasteiger partial charge in [0.05, 0.1) is 6.10 Å². The Hall–Kier alpha value is -1.51. The number of ether oxygens (including phenoxy) is 1. The first-order valence-corrected chi connectivity index (χ1v) is 6.43. The van der Waals surface area contributed by atoms with E-state index >= 15 is 0 Å². The summed E-state index contributed by atoms with van der Waals surface area (Å²) in [4.78, 5) is 12.0. The van der Waals surface area contributed by atoms with Gasteiger partial charge >= 0.3 is 0 Å². The summed E-state index contributed by atoms with van der Waals surface area (Å²) in [6.07, 6.45) is 1.04. The lowest BCUT2D eigenvalue weighted by Gasteiger charge is -2.24. The topological polar surface area (TPSA) is 38.3 Å². The number of nitrogens with one attached hydrogen (secondary N) is 1. The van der Waals surface area contributed by atoms with E-state index in [1.165, 1.54) is 0 Å². The molecule has 0 heterocycles. The monoisotopic (exact) mass is 249 g/mol. The van der Waals surface area contributed by atoms with Crippen LogP contribution in [0.3, 0.4) is 0 Å². The predicted molar refractivity (Wildman–Crippen MR) is 74.0 cm³/mol. The average Bonchev–Trinajstić information content (AvgIpc) is 2.28. The van der Waals surface area contributed by atoms with Gasteiger partial charge in [0.2, 0.25) is 0 Å². The van der Waals surface area contributed by atoms with Crippen LogP contribution in [-0.2, 0) is 0 Å². The molecule has 0 bridgehead atoms. The SMILES string of the molecule is CCC(C)(C)NC(=O)c1ccc(OC(C)C)cc1. The lowest BCUT2D eigenvalue weighted by Crippen LogP contribution is -2.42. The van der Waals surface area contributed by atoms with Crippen LogP contribution in [0.15, 0.2) is 24.3 Å². The Morgan fingerprint density at radius 3 is 2.28 bits per heavy atom. The highest BCUT2D eigenvalue weighted by Crippen LogP contribution is 2.15. The molecule has 1 amide bonds. The maximum atomic E-state index is 12.0. The van der Waals surface area contributed by atoms with E-state index in [9.17, 15) is 4.79 Å². The molecule has 0 spiro atoms. The minimum atomic E-state index is -0.176. The van der Waals surface area contributed by atoms with E-state index in [4.69, 9.17) is 4.74 Å². The van der Waals surface area contributed by atoms with Crippen molar-refractivity contribution in [3.8, 4) is 5.75 Å². The third kappa shape index (κ3) is 4.40. The first-order valence-electron chi connectivity index (χ1n) is 6.43. The van der Waals surface area contributed by atoms with Crippen LogP contribution in [0, 0.1) is 0 Å². The lowest BCUT2D eigenvalue weighted by molar-refractivity contribution is 0.0911. The molecule has 0 aliphatic carbocycles. The first kappa shape index (κ1) is 14.6. The summed E-state index contributed by atoms with van der Waals surface area (Å²) in [7, 11) is 0. The van der Waals surface area contributed by atoms with Gasteiger partial charge in [0, 0.05) is 11.1 Å². The molecule has 0 saturated heterocycles. The predicted octanol–water partition coefficient (Wildman–Crippen LogP) is 3.39. The molecular formula is C15H23NO2. The molecule has 0 aliphatic rings. The van der Waals surface area contributed by atoms with Crippen LogP contribution >= 0.6 is 0 Å². The summed E-state index contributed by atoms with van der Waals surface area (Å²) in [5.74, 6) is 0.745. The first-order chi connectivity index (χ1) is 8.34. The zero-order valence-electron chi connectivity index (χ0n) is 11.9. The quantitative estimate of drug-likeness (QED) is 0.868. The molecule has 1 N–H and O–H groups in total. The van der Waals surface area contributed by atoms with Gasteiger partial charge in [0.15, 0.2) is 0 Å². The molecule has 18 heavy (non-hydrogen) atoms. The Kier molecular flexibility index (Phi) is 4.76. The molecule has 0 aromatic heterocycles. The van der Waals surface area contributed by atoms with Crippen molar-refractivity contribution in [2.45, 2.75) is 52.7 Å². The third-order valence-electron chi connectivity index (χ3n) is 2.82. The fourth-order valence-electron chi connectivity index (χ4n) is 1.42. The second kappa shape index (κ2) is 5.89. The van der Waals surface area contributed by atoms with E-state index in [1.807, 2.05) is 39.8 Å². The lowest BCUT2D eigenvalue weighted by atomic mass is 10.0. The summed E-state index contributed by atoms with van der Waals surface area (Å²) in [5, 5.41) is 3.00. The van der Waals surface area contributed by atoms with Crippen LogP contribution < -0.4 is 10.1 Å². The van der Waals surface area contributed by atoms with E-state index in [-0.39, 0.29) is 17.6 Å². The zero-order valence-corrected chi connectivity index (χ0v) is 11.9. The van der Waals surface area contributed by atoms with Crippen molar-refractivity contribution in [1.82, 2.24) is 5.32 Å². The van der Waals surface area contributed by atoms with Gasteiger partial charge in [0.25, 0.3) is 5.91 Å². The van der Waals surface area contributed by atoms with Crippen molar-refractivity contribution in [2.24, 2.45) is 0 Å². The Labute approximate surface area is 110 Å². The molecule has 0 atom stereocenters. The van der Waals surface area contributed by atoms with Gasteiger partial charge in [0.1, 0.15) is 5.75 Å². The molecule has 3 heteroatoms. The van der Waals surface area contributed by atoms with E-state index in [0.717, 1.165) is 12.2 Å². The van der Waals surface area contributed by atoms with Gasteiger partial charge in [-0.1, -0.05) is 6.92 Å². The third-order valence-corrected chi connectivity index (χ3v) is 2.82. The second-order valence-electron chi connectivity index (χ2n) is 5.38. The van der Waals surface area contributed by atoms with Crippen molar-refractivity contribution >= 4 is 5.91 Å². The normalized spacial score (nSPS) is 11.4. The van der Waals surface area contributed by atoms with Gasteiger partial charge < -0.3 is 10.1 Å². The maximum Gasteiger partial charge on any atom is 0.251 e. The van der Waals surface area contributed by atoms with Crippen LogP contribution in [0.4, 0.5) is 0 Å². The molecular weight excluding hydrogens is 226 g/mol. The number of benzene rings is 1. The Bertz CT molecular complexity index is 393. The summed E-state index contributed by atoms with van der Waals surface area (Å²) in [6.45, 7) is 10.0. The molecule has 0 fully saturated rings. The molecule has 0 aliphatic heterocycles. The van der Waals surface area contributed by atoms with E-state index in [1.54, 1.807) is 12.1 Å². The minimum absolute atomic E-state index is 0.0436. The molecule has 0 radical (unpaired) electrons. The van der Waals surface area contributed by atoms with Gasteiger partial charge in [-0.25, -0.2) is 0 Å². The highest BCUT2D eigenvalue weighted by Gasteiger charge is 2.18. The number of carbonyl (C=O) groups excluding carboxylic acids is 1. The summed E-state index contributed by atoms with van der Waals surface area (Å²) < 4.78 is 5.54. The molecule has 0 saturated carbocycles. The Balaban J connectivity index is 2.70. The van der Waals surface area contributed by atoms with Crippen LogP contribution in [0.1, 0.15) is 51.4 Å². The number of hydrogen-bond acceptors (Lipinski definition) is 2. The highest BCUT2D eigenvalue weighted by molar-refractivity contribution is 5.94. The summed E-state index contributed by atoms with van der Waals surface area (Å²) >= 11 is 0. The van der Waals surface area contributed by atoms with Crippen molar-refractivity contribution in [1.29, 1.82) is 0 Å². The zero-order chi connectivity index (χ0) is 13.8. The molecule has 3 nitrogen and oxygen atoms in total. The van der Waals surface area contributed by atoms with E-state index in [0.29, 0.717) is 5.56 Å². The maximum absolute atomic E-state index is 12.0. The number of amides is 1. The second-order valence-corrected chi connectivity index (χ2v) is 5.38. The van der Waals surface area contributed by atoms with Gasteiger partial charge in [-0.15, -0.1) is 0 Å².